The zero-order chi connectivity index (χ0) is 20.8. The Hall–Kier alpha value is -2.09. The van der Waals surface area contributed by atoms with Crippen molar-refractivity contribution in [2.75, 3.05) is 6.61 Å². The molecule has 0 saturated heterocycles. The zero-order valence-electron chi connectivity index (χ0n) is 16.5. The molecular formula is C19H26BrNO6. The van der Waals surface area contributed by atoms with Crippen LogP contribution in [0.2, 0.25) is 0 Å². The number of hydrogen-bond acceptors (Lipinski definition) is 6. The normalized spacial score (nSPS) is 11.5. The minimum atomic E-state index is -0.746. The Morgan fingerprint density at radius 2 is 1.59 bits per heavy atom. The van der Waals surface area contributed by atoms with Gasteiger partial charge in [-0.2, -0.15) is 0 Å². The van der Waals surface area contributed by atoms with Gasteiger partial charge in [-0.05, 0) is 59.2 Å². The van der Waals surface area contributed by atoms with Gasteiger partial charge >= 0.3 is 18.0 Å². The average molecular weight is 444 g/mol. The number of rotatable bonds is 5. The van der Waals surface area contributed by atoms with Crippen LogP contribution in [0.15, 0.2) is 22.7 Å². The van der Waals surface area contributed by atoms with E-state index in [-0.39, 0.29) is 6.54 Å². The Kier molecular flexibility index (Phi) is 7.83. The van der Waals surface area contributed by atoms with E-state index in [2.05, 4.69) is 21.2 Å². The number of benzene rings is 1. The Morgan fingerprint density at radius 3 is 2.11 bits per heavy atom. The van der Waals surface area contributed by atoms with Gasteiger partial charge in [0.05, 0.1) is 5.56 Å². The van der Waals surface area contributed by atoms with E-state index < -0.39 is 35.8 Å². The number of nitrogens with one attached hydrogen (secondary N) is 1. The molecule has 1 aromatic carbocycles. The third-order valence-electron chi connectivity index (χ3n) is 2.85. The van der Waals surface area contributed by atoms with Gasteiger partial charge in [-0.1, -0.05) is 22.0 Å². The number of halogens is 1. The van der Waals surface area contributed by atoms with Gasteiger partial charge < -0.3 is 19.5 Å². The summed E-state index contributed by atoms with van der Waals surface area (Å²) in [5, 5.41) is 2.53. The first-order valence-corrected chi connectivity index (χ1v) is 9.20. The molecule has 0 aromatic heterocycles. The van der Waals surface area contributed by atoms with Crippen LogP contribution in [-0.2, 0) is 25.5 Å². The lowest BCUT2D eigenvalue weighted by molar-refractivity contribution is -0.158. The van der Waals surface area contributed by atoms with Crippen LogP contribution in [-0.4, -0.2) is 35.8 Å². The first kappa shape index (κ1) is 23.0. The van der Waals surface area contributed by atoms with E-state index in [1.165, 1.54) is 0 Å². The van der Waals surface area contributed by atoms with E-state index in [4.69, 9.17) is 14.2 Å². The molecule has 1 amide bonds. The van der Waals surface area contributed by atoms with E-state index in [1.54, 1.807) is 59.7 Å². The van der Waals surface area contributed by atoms with Gasteiger partial charge in [0.1, 0.15) is 11.2 Å². The topological polar surface area (TPSA) is 90.9 Å². The molecule has 0 heterocycles. The predicted octanol–water partition coefficient (Wildman–Crippen LogP) is 3.97. The Morgan fingerprint density at radius 1 is 1.00 bits per heavy atom. The summed E-state index contributed by atoms with van der Waals surface area (Å²) in [6.07, 6.45) is -0.746. The van der Waals surface area contributed by atoms with Crippen molar-refractivity contribution in [3.05, 3.63) is 33.8 Å². The number of carbonyl (C=O) groups is 3. The second-order valence-corrected chi connectivity index (χ2v) is 8.68. The summed E-state index contributed by atoms with van der Waals surface area (Å²) in [7, 11) is 0. The molecule has 0 unspecified atom stereocenters. The summed E-state index contributed by atoms with van der Waals surface area (Å²) in [6.45, 7) is 10.2. The molecule has 0 aliphatic rings. The number of hydrogen-bond donors (Lipinski definition) is 1. The molecule has 27 heavy (non-hydrogen) atoms. The smallest absolute Gasteiger partial charge is 0.407 e. The van der Waals surface area contributed by atoms with Crippen LogP contribution in [0.1, 0.15) is 57.5 Å². The van der Waals surface area contributed by atoms with E-state index in [1.807, 2.05) is 0 Å². The average Bonchev–Trinajstić information content (AvgIpc) is 2.48. The minimum absolute atomic E-state index is 0.155. The van der Waals surface area contributed by atoms with E-state index in [0.717, 1.165) is 5.56 Å². The molecule has 0 bridgehead atoms. The van der Waals surface area contributed by atoms with Gasteiger partial charge in [-0.25, -0.2) is 14.4 Å². The van der Waals surface area contributed by atoms with Crippen molar-refractivity contribution in [3.8, 4) is 0 Å². The van der Waals surface area contributed by atoms with Crippen LogP contribution >= 0.6 is 15.9 Å². The second kappa shape index (κ2) is 9.21. The van der Waals surface area contributed by atoms with Crippen molar-refractivity contribution in [2.24, 2.45) is 0 Å². The lowest BCUT2D eigenvalue weighted by Crippen LogP contribution is -2.30. The van der Waals surface area contributed by atoms with Crippen molar-refractivity contribution >= 4 is 34.0 Å². The van der Waals surface area contributed by atoms with Gasteiger partial charge in [-0.3, -0.25) is 0 Å². The molecular weight excluding hydrogens is 418 g/mol. The lowest BCUT2D eigenvalue weighted by Gasteiger charge is -2.20. The molecule has 8 heteroatoms. The SMILES string of the molecule is CC(C)(C)OC(=O)COC(=O)NCc1ccc(C(=O)OC(C)(C)C)cc1Br. The predicted molar refractivity (Wildman–Crippen MR) is 103 cm³/mol. The molecule has 1 rings (SSSR count). The highest BCUT2D eigenvalue weighted by Crippen LogP contribution is 2.21. The molecule has 0 aliphatic heterocycles. The van der Waals surface area contributed by atoms with Crippen LogP contribution < -0.4 is 5.32 Å². The summed E-state index contributed by atoms with van der Waals surface area (Å²) < 4.78 is 15.8. The van der Waals surface area contributed by atoms with E-state index >= 15 is 0 Å². The number of alkyl carbamates (subject to hydrolysis) is 1. The second-order valence-electron chi connectivity index (χ2n) is 7.82. The standard InChI is InChI=1S/C19H26BrNO6/c1-18(2,3)26-15(22)11-25-17(24)21-10-13-8-7-12(9-14(13)20)16(23)27-19(4,5)6/h7-9H,10-11H2,1-6H3,(H,21,24). The number of ether oxygens (including phenoxy) is 3. The molecule has 0 atom stereocenters. The summed E-state index contributed by atoms with van der Waals surface area (Å²) in [5.41, 5.74) is -0.0936. The summed E-state index contributed by atoms with van der Waals surface area (Å²) >= 11 is 3.37. The van der Waals surface area contributed by atoms with Gasteiger partial charge in [0.15, 0.2) is 6.61 Å². The molecule has 0 saturated carbocycles. The molecule has 0 fully saturated rings. The largest absolute Gasteiger partial charge is 0.457 e. The summed E-state index contributed by atoms with van der Waals surface area (Å²) in [4.78, 5) is 35.3. The number of amides is 1. The summed E-state index contributed by atoms with van der Waals surface area (Å²) in [5.74, 6) is -1.06. The van der Waals surface area contributed by atoms with Crippen LogP contribution in [0.25, 0.3) is 0 Å². The molecule has 7 nitrogen and oxygen atoms in total. The Labute approximate surface area is 167 Å². The van der Waals surface area contributed by atoms with Crippen LogP contribution in [0.5, 0.6) is 0 Å². The third-order valence-corrected chi connectivity index (χ3v) is 3.59. The molecule has 1 aromatic rings. The van der Waals surface area contributed by atoms with Gasteiger partial charge in [0.2, 0.25) is 0 Å². The molecule has 1 N–H and O–H groups in total. The molecule has 0 radical (unpaired) electrons. The fraction of sp³-hybridized carbons (Fsp3) is 0.526. The lowest BCUT2D eigenvalue weighted by atomic mass is 10.1. The number of carbonyl (C=O) groups excluding carboxylic acids is 3. The van der Waals surface area contributed by atoms with Gasteiger partial charge in [0.25, 0.3) is 0 Å². The Bertz CT molecular complexity index is 703. The zero-order valence-corrected chi connectivity index (χ0v) is 18.1. The van der Waals surface area contributed by atoms with Crippen LogP contribution in [0.3, 0.4) is 0 Å². The van der Waals surface area contributed by atoms with E-state index in [0.29, 0.717) is 10.0 Å². The molecule has 0 spiro atoms. The molecule has 0 aliphatic carbocycles. The van der Waals surface area contributed by atoms with Gasteiger partial charge in [0, 0.05) is 11.0 Å². The van der Waals surface area contributed by atoms with Gasteiger partial charge in [-0.15, -0.1) is 0 Å². The maximum atomic E-state index is 12.1. The first-order valence-electron chi connectivity index (χ1n) is 8.41. The molecule has 150 valence electrons. The fourth-order valence-electron chi connectivity index (χ4n) is 1.87. The maximum absolute atomic E-state index is 12.1. The van der Waals surface area contributed by atoms with Crippen molar-refractivity contribution in [1.82, 2.24) is 5.32 Å². The monoisotopic (exact) mass is 443 g/mol. The minimum Gasteiger partial charge on any atom is -0.457 e. The van der Waals surface area contributed by atoms with Crippen molar-refractivity contribution < 1.29 is 28.6 Å². The summed E-state index contributed by atoms with van der Waals surface area (Å²) in [6, 6.07) is 4.93. The highest BCUT2D eigenvalue weighted by Gasteiger charge is 2.19. The fourth-order valence-corrected chi connectivity index (χ4v) is 2.39. The van der Waals surface area contributed by atoms with Crippen LogP contribution in [0.4, 0.5) is 4.79 Å². The van der Waals surface area contributed by atoms with Crippen LogP contribution in [0, 0.1) is 0 Å². The van der Waals surface area contributed by atoms with Crippen molar-refractivity contribution in [3.63, 3.8) is 0 Å². The van der Waals surface area contributed by atoms with Crippen molar-refractivity contribution in [1.29, 1.82) is 0 Å². The highest BCUT2D eigenvalue weighted by molar-refractivity contribution is 9.10. The number of esters is 2. The third kappa shape index (κ3) is 9.42. The maximum Gasteiger partial charge on any atom is 0.407 e. The quantitative estimate of drug-likeness (QED) is 0.546. The first-order chi connectivity index (χ1) is 12.3. The highest BCUT2D eigenvalue weighted by atomic mass is 79.9. The van der Waals surface area contributed by atoms with Crippen molar-refractivity contribution in [2.45, 2.75) is 59.3 Å². The Balaban J connectivity index is 2.54. The van der Waals surface area contributed by atoms with E-state index in [9.17, 15) is 14.4 Å².